The Morgan fingerprint density at radius 2 is 1.94 bits per heavy atom. The molecule has 0 spiro atoms. The molecule has 1 atom stereocenters. The topological polar surface area (TPSA) is 146 Å². The van der Waals surface area contributed by atoms with Gasteiger partial charge in [-0.05, 0) is 47.1 Å². The highest BCUT2D eigenvalue weighted by atomic mass is 32.2. The van der Waals surface area contributed by atoms with Crippen molar-refractivity contribution in [1.29, 1.82) is 0 Å². The molecular formula is C23H33N5O7S. The first-order valence-electron chi connectivity index (χ1n) is 11.7. The minimum absolute atomic E-state index is 0.115. The summed E-state index contributed by atoms with van der Waals surface area (Å²) >= 11 is 0. The maximum atomic E-state index is 13.2. The van der Waals surface area contributed by atoms with Gasteiger partial charge in [0.05, 0.1) is 23.7 Å². The molecule has 1 fully saturated rings. The fourth-order valence-corrected chi connectivity index (χ4v) is 5.07. The third-order valence-electron chi connectivity index (χ3n) is 5.81. The van der Waals surface area contributed by atoms with Gasteiger partial charge in [-0.1, -0.05) is 6.92 Å². The van der Waals surface area contributed by atoms with Gasteiger partial charge in [0.2, 0.25) is 15.9 Å². The summed E-state index contributed by atoms with van der Waals surface area (Å²) in [4.78, 5) is 25.2. The van der Waals surface area contributed by atoms with Gasteiger partial charge in [0, 0.05) is 36.8 Å². The van der Waals surface area contributed by atoms with Crippen molar-refractivity contribution in [3.8, 4) is 11.6 Å². The van der Waals surface area contributed by atoms with Crippen LogP contribution in [0.15, 0.2) is 23.1 Å². The molecule has 1 aromatic carbocycles. The number of nitro groups is 1. The number of non-ortho nitro benzene ring substituents is 1. The lowest BCUT2D eigenvalue weighted by molar-refractivity contribution is -0.385. The normalized spacial score (nSPS) is 15.6. The van der Waals surface area contributed by atoms with Crippen molar-refractivity contribution in [3.63, 3.8) is 0 Å². The molecule has 2 heterocycles. The zero-order chi connectivity index (χ0) is 26.8. The molecule has 0 saturated carbocycles. The maximum absolute atomic E-state index is 13.2. The largest absolute Gasteiger partial charge is 0.438 e. The summed E-state index contributed by atoms with van der Waals surface area (Å²) in [5, 5.41) is 15.9. The molecule has 0 radical (unpaired) electrons. The number of sulfonamides is 1. The fourth-order valence-electron chi connectivity index (χ4n) is 3.59. The van der Waals surface area contributed by atoms with Crippen LogP contribution in [0.5, 0.6) is 11.6 Å². The monoisotopic (exact) mass is 523 g/mol. The van der Waals surface area contributed by atoms with Crippen molar-refractivity contribution < 1.29 is 27.6 Å². The molecule has 1 amide bonds. The second kappa shape index (κ2) is 10.5. The number of nitrogens with zero attached hydrogens (tertiary/aromatic N) is 4. The van der Waals surface area contributed by atoms with Gasteiger partial charge in [0.25, 0.3) is 11.6 Å². The standard InChI is InChI=1S/C23H33N5O7S/c1-7-15(2)25-36(32,33)19-14-17(28(30)31)8-9-18(19)35-22-16(3)20(24-27(22)23(4,5)6)21(29)26-10-12-34-13-11-26/h8-9,14-15,25H,7,10-13H2,1-6H3. The second-order valence-electron chi connectivity index (χ2n) is 9.69. The number of carbonyl (C=O) groups excluding carboxylic acids is 1. The van der Waals surface area contributed by atoms with E-state index in [1.165, 1.54) is 16.8 Å². The first-order chi connectivity index (χ1) is 16.8. The van der Waals surface area contributed by atoms with E-state index >= 15 is 0 Å². The Bertz CT molecular complexity index is 1240. The summed E-state index contributed by atoms with van der Waals surface area (Å²) in [6.07, 6.45) is 0.521. The molecule has 13 heteroatoms. The van der Waals surface area contributed by atoms with Gasteiger partial charge >= 0.3 is 0 Å². The minimum atomic E-state index is -4.16. The van der Waals surface area contributed by atoms with Crippen LogP contribution < -0.4 is 9.46 Å². The lowest BCUT2D eigenvalue weighted by Gasteiger charge is -2.26. The molecule has 1 saturated heterocycles. The average molecular weight is 524 g/mol. The minimum Gasteiger partial charge on any atom is -0.438 e. The maximum Gasteiger partial charge on any atom is 0.274 e. The number of rotatable bonds is 8. The van der Waals surface area contributed by atoms with Gasteiger partial charge < -0.3 is 14.4 Å². The zero-order valence-corrected chi connectivity index (χ0v) is 22.2. The predicted molar refractivity (Wildman–Crippen MR) is 132 cm³/mol. The van der Waals surface area contributed by atoms with Gasteiger partial charge in [0.15, 0.2) is 5.69 Å². The molecule has 1 N–H and O–H groups in total. The molecule has 12 nitrogen and oxygen atoms in total. The molecule has 198 valence electrons. The second-order valence-corrected chi connectivity index (χ2v) is 11.4. The van der Waals surface area contributed by atoms with Gasteiger partial charge in [-0.2, -0.15) is 5.10 Å². The Labute approximate surface area is 210 Å². The molecule has 36 heavy (non-hydrogen) atoms. The van der Waals surface area contributed by atoms with Gasteiger partial charge in [-0.3, -0.25) is 14.9 Å². The highest BCUT2D eigenvalue weighted by Gasteiger charge is 2.32. The van der Waals surface area contributed by atoms with Crippen LogP contribution in [0.3, 0.4) is 0 Å². The van der Waals surface area contributed by atoms with Crippen LogP contribution in [-0.2, 0) is 20.3 Å². The number of carbonyl (C=O) groups is 1. The molecule has 1 aliphatic rings. The molecule has 1 aliphatic heterocycles. The number of hydrogen-bond donors (Lipinski definition) is 1. The molecule has 2 aromatic rings. The predicted octanol–water partition coefficient (Wildman–Crippen LogP) is 3.20. The van der Waals surface area contributed by atoms with Crippen molar-refractivity contribution in [1.82, 2.24) is 19.4 Å². The average Bonchev–Trinajstić information content (AvgIpc) is 3.15. The summed E-state index contributed by atoms with van der Waals surface area (Å²) in [5.74, 6) is -0.221. The number of nitrogens with one attached hydrogen (secondary N) is 1. The van der Waals surface area contributed by atoms with E-state index in [0.29, 0.717) is 38.3 Å². The van der Waals surface area contributed by atoms with Crippen molar-refractivity contribution >= 4 is 21.6 Å². The molecule has 0 aliphatic carbocycles. The summed E-state index contributed by atoms with van der Waals surface area (Å²) in [6, 6.07) is 2.98. The number of ether oxygens (including phenoxy) is 2. The number of nitro benzene ring substituents is 1. The number of aromatic nitrogens is 2. The Balaban J connectivity index is 2.12. The molecule has 1 aromatic heterocycles. The third kappa shape index (κ3) is 5.85. The highest BCUT2D eigenvalue weighted by Crippen LogP contribution is 2.37. The Kier molecular flexibility index (Phi) is 8.06. The van der Waals surface area contributed by atoms with E-state index < -0.39 is 32.2 Å². The molecule has 3 rings (SSSR count). The van der Waals surface area contributed by atoms with Gasteiger partial charge in [-0.25, -0.2) is 17.8 Å². The quantitative estimate of drug-likeness (QED) is 0.410. The first kappa shape index (κ1) is 27.6. The van der Waals surface area contributed by atoms with Crippen LogP contribution in [0.4, 0.5) is 5.69 Å². The lowest BCUT2D eigenvalue weighted by atomic mass is 10.1. The fraction of sp³-hybridized carbons (Fsp3) is 0.565. The Hall–Kier alpha value is -3.03. The van der Waals surface area contributed by atoms with E-state index in [4.69, 9.17) is 9.47 Å². The third-order valence-corrected chi connectivity index (χ3v) is 7.42. The Morgan fingerprint density at radius 1 is 1.31 bits per heavy atom. The van der Waals surface area contributed by atoms with E-state index in [-0.39, 0.29) is 28.1 Å². The molecular weight excluding hydrogens is 490 g/mol. The number of morpholine rings is 1. The smallest absolute Gasteiger partial charge is 0.274 e. The van der Waals surface area contributed by atoms with Crippen molar-refractivity contribution in [2.24, 2.45) is 0 Å². The summed E-state index contributed by atoms with van der Waals surface area (Å²) < 4.78 is 41.8. The van der Waals surface area contributed by atoms with Crippen molar-refractivity contribution in [2.45, 2.75) is 64.4 Å². The van der Waals surface area contributed by atoms with Crippen LogP contribution in [0.2, 0.25) is 0 Å². The van der Waals surface area contributed by atoms with E-state index in [9.17, 15) is 23.3 Å². The van der Waals surface area contributed by atoms with E-state index in [1.54, 1.807) is 18.7 Å². The number of benzene rings is 1. The van der Waals surface area contributed by atoms with Crippen LogP contribution in [-0.4, -0.2) is 66.3 Å². The van der Waals surface area contributed by atoms with Gasteiger partial charge in [0.1, 0.15) is 10.6 Å². The van der Waals surface area contributed by atoms with Crippen molar-refractivity contribution in [2.75, 3.05) is 26.3 Å². The molecule has 0 bridgehead atoms. The summed E-state index contributed by atoms with van der Waals surface area (Å²) in [6.45, 7) is 12.5. The Morgan fingerprint density at radius 3 is 2.50 bits per heavy atom. The van der Waals surface area contributed by atoms with E-state index in [0.717, 1.165) is 6.07 Å². The van der Waals surface area contributed by atoms with Crippen LogP contribution in [0, 0.1) is 17.0 Å². The number of amides is 1. The summed E-state index contributed by atoms with van der Waals surface area (Å²) in [5.41, 5.74) is -0.404. The van der Waals surface area contributed by atoms with E-state index in [1.807, 2.05) is 27.7 Å². The lowest BCUT2D eigenvalue weighted by Crippen LogP contribution is -2.41. The van der Waals surface area contributed by atoms with Crippen molar-refractivity contribution in [3.05, 3.63) is 39.6 Å². The molecule has 1 unspecified atom stereocenters. The van der Waals surface area contributed by atoms with Crippen LogP contribution >= 0.6 is 0 Å². The van der Waals surface area contributed by atoms with Crippen LogP contribution in [0.25, 0.3) is 0 Å². The van der Waals surface area contributed by atoms with E-state index in [2.05, 4.69) is 9.82 Å². The summed E-state index contributed by atoms with van der Waals surface area (Å²) in [7, 11) is -4.16. The van der Waals surface area contributed by atoms with Crippen LogP contribution in [0.1, 0.15) is 57.1 Å². The SMILES string of the molecule is CCC(C)NS(=O)(=O)c1cc([N+](=O)[O-])ccc1Oc1c(C)c(C(=O)N2CCOCC2)nn1C(C)(C)C. The first-order valence-corrected chi connectivity index (χ1v) is 13.2. The number of hydrogen-bond acceptors (Lipinski definition) is 8. The highest BCUT2D eigenvalue weighted by molar-refractivity contribution is 7.89. The van der Waals surface area contributed by atoms with Gasteiger partial charge in [-0.15, -0.1) is 0 Å². The zero-order valence-electron chi connectivity index (χ0n) is 21.4.